The van der Waals surface area contributed by atoms with Crippen LogP contribution in [0.5, 0.6) is 0 Å². The molecule has 0 spiro atoms. The molecule has 3 aliphatic carbocycles. The molecule has 7 fully saturated rings. The third-order valence-electron chi connectivity index (χ3n) is 11.5. The second-order valence-electron chi connectivity index (χ2n) is 15.4. The molecule has 4 saturated heterocycles. The van der Waals surface area contributed by atoms with Crippen molar-refractivity contribution >= 4 is 35.0 Å². The van der Waals surface area contributed by atoms with Crippen LogP contribution in [-0.2, 0) is 35.4 Å². The monoisotopic (exact) mass is 669 g/mol. The zero-order chi connectivity index (χ0) is 29.7. The zero-order valence-corrected chi connectivity index (χ0v) is 31.2. The third kappa shape index (κ3) is 8.53. The van der Waals surface area contributed by atoms with Gasteiger partial charge in [-0.25, -0.2) is 0 Å². The Balaban J connectivity index is 1.06. The standard InChI is InChI=1S/C31H57O8Si4/c1-5-32-15-19-42(3)37-40(16-12-23-6-9-26-29(20-23)33-26)36-41(2,17-13-24-7-10-27-30(21-24)34-27)38-43(4,39-42)18-14-25-8-11-28-31(22-25)35-28/h23-31H,5-22H2,1-4H3. The van der Waals surface area contributed by atoms with Gasteiger partial charge in [0.15, 0.2) is 0 Å². The van der Waals surface area contributed by atoms with Crippen molar-refractivity contribution in [3.05, 3.63) is 0 Å². The van der Waals surface area contributed by atoms with E-state index in [1.807, 2.05) is 0 Å². The van der Waals surface area contributed by atoms with Crippen LogP contribution >= 0.6 is 0 Å². The third-order valence-corrected chi connectivity index (χ3v) is 27.9. The van der Waals surface area contributed by atoms with E-state index in [4.69, 9.17) is 35.4 Å². The van der Waals surface area contributed by atoms with Crippen LogP contribution in [0.1, 0.15) is 84.0 Å². The average molecular weight is 670 g/mol. The quantitative estimate of drug-likeness (QED) is 0.122. The van der Waals surface area contributed by atoms with Crippen molar-refractivity contribution in [2.45, 2.75) is 164 Å². The number of hydrogen-bond donors (Lipinski definition) is 0. The van der Waals surface area contributed by atoms with Crippen molar-refractivity contribution in [3.8, 4) is 0 Å². The molecule has 7 aliphatic rings. The highest BCUT2D eigenvalue weighted by Gasteiger charge is 2.54. The Morgan fingerprint density at radius 2 is 1.05 bits per heavy atom. The number of fused-ring (bicyclic) bond motifs is 3. The molecule has 12 heteroatoms. The Kier molecular flexibility index (Phi) is 9.87. The van der Waals surface area contributed by atoms with Gasteiger partial charge in [-0.3, -0.25) is 0 Å². The SMILES string of the molecule is CCOCC[Si]1(C)O[Si](CCC2CCC3OC3C2)O[Si](C)(CCC2CCC3OC3C2)O[Si](C)(CCC2CCC3OC3C2)O1. The van der Waals surface area contributed by atoms with Gasteiger partial charge < -0.3 is 35.4 Å². The van der Waals surface area contributed by atoms with Crippen molar-refractivity contribution in [2.24, 2.45) is 17.8 Å². The van der Waals surface area contributed by atoms with Crippen LogP contribution in [-0.4, -0.2) is 84.8 Å². The highest BCUT2D eigenvalue weighted by molar-refractivity contribution is 6.90. The summed E-state index contributed by atoms with van der Waals surface area (Å²) >= 11 is 0. The minimum Gasteiger partial charge on any atom is -0.416 e. The van der Waals surface area contributed by atoms with Gasteiger partial charge in [-0.05, 0) is 140 Å². The Labute approximate surface area is 265 Å². The zero-order valence-electron chi connectivity index (χ0n) is 27.2. The molecule has 4 aliphatic heterocycles. The van der Waals surface area contributed by atoms with E-state index in [2.05, 4.69) is 26.6 Å². The predicted molar refractivity (Wildman–Crippen MR) is 173 cm³/mol. The molecule has 8 nitrogen and oxygen atoms in total. The molecule has 3 saturated carbocycles. The lowest BCUT2D eigenvalue weighted by atomic mass is 9.88. The lowest BCUT2D eigenvalue weighted by Crippen LogP contribution is -2.64. The molecule has 0 aromatic carbocycles. The number of ether oxygens (including phenoxy) is 4. The van der Waals surface area contributed by atoms with Gasteiger partial charge in [0.1, 0.15) is 0 Å². The number of epoxide rings is 3. The lowest BCUT2D eigenvalue weighted by Gasteiger charge is -2.47. The summed E-state index contributed by atoms with van der Waals surface area (Å²) in [7, 11) is -9.22. The summed E-state index contributed by atoms with van der Waals surface area (Å²) in [4.78, 5) is 0. The molecule has 0 N–H and O–H groups in total. The molecule has 43 heavy (non-hydrogen) atoms. The minimum atomic E-state index is -2.57. The van der Waals surface area contributed by atoms with Crippen molar-refractivity contribution < 1.29 is 35.4 Å². The molecule has 1 radical (unpaired) electrons. The number of hydrogen-bond acceptors (Lipinski definition) is 8. The first-order chi connectivity index (χ1) is 20.7. The van der Waals surface area contributed by atoms with E-state index in [0.29, 0.717) is 43.2 Å². The second kappa shape index (κ2) is 13.2. The van der Waals surface area contributed by atoms with Crippen molar-refractivity contribution in [1.29, 1.82) is 0 Å². The molecule has 0 bridgehead atoms. The summed E-state index contributed by atoms with van der Waals surface area (Å²) < 4.78 is 52.8. The van der Waals surface area contributed by atoms with E-state index >= 15 is 0 Å². The van der Waals surface area contributed by atoms with Crippen molar-refractivity contribution in [1.82, 2.24) is 0 Å². The van der Waals surface area contributed by atoms with Crippen LogP contribution in [0.25, 0.3) is 0 Å². The fourth-order valence-electron chi connectivity index (χ4n) is 8.79. The maximum atomic E-state index is 7.46. The average Bonchev–Trinajstić information content (AvgIpc) is 3.85. The summed E-state index contributed by atoms with van der Waals surface area (Å²) in [6.45, 7) is 10.4. The molecule has 7 rings (SSSR count). The summed E-state index contributed by atoms with van der Waals surface area (Å²) in [5, 5.41) is 0. The van der Waals surface area contributed by atoms with Gasteiger partial charge in [0.05, 0.1) is 36.6 Å². The maximum Gasteiger partial charge on any atom is 0.365 e. The van der Waals surface area contributed by atoms with E-state index in [-0.39, 0.29) is 0 Å². The first kappa shape index (κ1) is 32.1. The predicted octanol–water partition coefficient (Wildman–Crippen LogP) is 6.68. The van der Waals surface area contributed by atoms with E-state index in [1.54, 1.807) is 0 Å². The van der Waals surface area contributed by atoms with Gasteiger partial charge in [0, 0.05) is 19.3 Å². The molecular weight excluding hydrogens is 613 g/mol. The largest absolute Gasteiger partial charge is 0.416 e. The van der Waals surface area contributed by atoms with Gasteiger partial charge in [-0.2, -0.15) is 0 Å². The van der Waals surface area contributed by atoms with Crippen LogP contribution in [0.15, 0.2) is 0 Å². The smallest absolute Gasteiger partial charge is 0.365 e. The topological polar surface area (TPSA) is 83.7 Å². The Hall–Kier alpha value is 0.548. The summed E-state index contributed by atoms with van der Waals surface area (Å²) in [5.74, 6) is 2.17. The summed E-state index contributed by atoms with van der Waals surface area (Å²) in [6.07, 6.45) is 17.9. The van der Waals surface area contributed by atoms with E-state index in [1.165, 1.54) is 77.0 Å². The van der Waals surface area contributed by atoms with E-state index in [9.17, 15) is 0 Å². The molecular formula is C31H57O8Si4. The number of rotatable bonds is 13. The van der Waals surface area contributed by atoms with E-state index in [0.717, 1.165) is 48.5 Å². The fourth-order valence-corrected chi connectivity index (χ4v) is 28.4. The second-order valence-corrected chi connectivity index (χ2v) is 28.2. The van der Waals surface area contributed by atoms with Crippen molar-refractivity contribution in [2.75, 3.05) is 13.2 Å². The first-order valence-electron chi connectivity index (χ1n) is 17.9. The molecule has 245 valence electrons. The maximum absolute atomic E-state index is 7.46. The van der Waals surface area contributed by atoms with Gasteiger partial charge >= 0.3 is 35.0 Å². The van der Waals surface area contributed by atoms with Gasteiger partial charge in [0.2, 0.25) is 0 Å². The van der Waals surface area contributed by atoms with E-state index < -0.39 is 35.0 Å². The summed E-state index contributed by atoms with van der Waals surface area (Å²) in [6, 6.07) is 3.92. The minimum absolute atomic E-state index is 0.516. The van der Waals surface area contributed by atoms with Crippen LogP contribution in [0.3, 0.4) is 0 Å². The Bertz CT molecular complexity index is 967. The van der Waals surface area contributed by atoms with Gasteiger partial charge in [-0.1, -0.05) is 0 Å². The Morgan fingerprint density at radius 3 is 1.53 bits per heavy atom. The van der Waals surface area contributed by atoms with Crippen LogP contribution < -0.4 is 0 Å². The molecule has 0 amide bonds. The normalized spacial score (nSPS) is 49.3. The molecule has 12 atom stereocenters. The van der Waals surface area contributed by atoms with Crippen molar-refractivity contribution in [3.63, 3.8) is 0 Å². The molecule has 0 aromatic rings. The Morgan fingerprint density at radius 1 is 0.581 bits per heavy atom. The fraction of sp³-hybridized carbons (Fsp3) is 1.00. The molecule has 4 heterocycles. The van der Waals surface area contributed by atoms with Crippen LogP contribution in [0, 0.1) is 17.8 Å². The first-order valence-corrected chi connectivity index (χ1v) is 27.0. The highest BCUT2D eigenvalue weighted by atomic mass is 28.5. The van der Waals surface area contributed by atoms with Crippen LogP contribution in [0.4, 0.5) is 0 Å². The van der Waals surface area contributed by atoms with Gasteiger partial charge in [0.25, 0.3) is 0 Å². The summed E-state index contributed by atoms with van der Waals surface area (Å²) in [5.41, 5.74) is 0. The molecule has 12 unspecified atom stereocenters. The van der Waals surface area contributed by atoms with Gasteiger partial charge in [-0.15, -0.1) is 0 Å². The molecule has 0 aromatic heterocycles. The highest BCUT2D eigenvalue weighted by Crippen LogP contribution is 2.45. The lowest BCUT2D eigenvalue weighted by molar-refractivity contribution is 0.151. The van der Waals surface area contributed by atoms with Crippen LogP contribution in [0.2, 0.25) is 43.8 Å².